The third kappa shape index (κ3) is 6.62. The number of hydrogen-bond acceptors (Lipinski definition) is 8. The van der Waals surface area contributed by atoms with E-state index in [1.807, 2.05) is 13.0 Å². The number of nitrogens with zero attached hydrogens (tertiary/aromatic N) is 4. The van der Waals surface area contributed by atoms with E-state index >= 15 is 0 Å². The normalized spacial score (nSPS) is 15.0. The molecule has 0 unspecified atom stereocenters. The second kappa shape index (κ2) is 11.5. The van der Waals surface area contributed by atoms with Crippen molar-refractivity contribution in [2.75, 3.05) is 30.8 Å². The fourth-order valence-electron chi connectivity index (χ4n) is 4.65. The number of benzene rings is 2. The average molecular weight is 551 g/mol. The summed E-state index contributed by atoms with van der Waals surface area (Å²) in [7, 11) is -1.98. The molecule has 2 aromatic carbocycles. The van der Waals surface area contributed by atoms with E-state index in [0.29, 0.717) is 23.1 Å². The Balaban J connectivity index is 1.21. The first-order valence-corrected chi connectivity index (χ1v) is 14.2. The van der Waals surface area contributed by atoms with Crippen molar-refractivity contribution in [3.63, 3.8) is 0 Å². The van der Waals surface area contributed by atoms with Crippen molar-refractivity contribution >= 4 is 33.2 Å². The predicted molar refractivity (Wildman–Crippen MR) is 148 cm³/mol. The van der Waals surface area contributed by atoms with Gasteiger partial charge in [0.05, 0.1) is 17.4 Å². The average Bonchev–Trinajstić information content (AvgIpc) is 3.43. The maximum atomic E-state index is 13.3. The van der Waals surface area contributed by atoms with Crippen LogP contribution >= 0.6 is 0 Å². The van der Waals surface area contributed by atoms with Crippen LogP contribution in [-0.2, 0) is 16.6 Å². The van der Waals surface area contributed by atoms with Crippen LogP contribution in [0.3, 0.4) is 0 Å². The van der Waals surface area contributed by atoms with Crippen LogP contribution in [-0.4, -0.2) is 53.8 Å². The number of aryl methyl sites for hydroxylation is 1. The molecule has 0 radical (unpaired) electrons. The molecule has 39 heavy (non-hydrogen) atoms. The Morgan fingerprint density at radius 3 is 2.33 bits per heavy atom. The Bertz CT molecular complexity index is 1490. The fourth-order valence-corrected chi connectivity index (χ4v) is 6.07. The van der Waals surface area contributed by atoms with Crippen LogP contribution in [0.15, 0.2) is 82.5 Å². The molecule has 204 valence electrons. The van der Waals surface area contributed by atoms with Crippen LogP contribution in [0.1, 0.15) is 24.1 Å². The van der Waals surface area contributed by atoms with Crippen molar-refractivity contribution in [2.45, 2.75) is 37.2 Å². The van der Waals surface area contributed by atoms with Crippen molar-refractivity contribution in [3.05, 3.63) is 90.3 Å². The monoisotopic (exact) mass is 550 g/mol. The summed E-state index contributed by atoms with van der Waals surface area (Å²) < 4.78 is 46.5. The van der Waals surface area contributed by atoms with E-state index in [9.17, 15) is 12.8 Å². The van der Waals surface area contributed by atoms with Gasteiger partial charge in [0.25, 0.3) is 0 Å². The van der Waals surface area contributed by atoms with E-state index in [2.05, 4.69) is 25.5 Å². The van der Waals surface area contributed by atoms with E-state index in [1.54, 1.807) is 62.0 Å². The van der Waals surface area contributed by atoms with Gasteiger partial charge >= 0.3 is 0 Å². The van der Waals surface area contributed by atoms with Gasteiger partial charge in [0.1, 0.15) is 11.6 Å². The van der Waals surface area contributed by atoms with Gasteiger partial charge in [-0.05, 0) is 74.4 Å². The Labute approximate surface area is 227 Å². The first kappa shape index (κ1) is 26.8. The smallest absolute Gasteiger partial charge is 0.243 e. The molecular formula is C28H31FN6O3S. The number of furan rings is 1. The number of rotatable bonds is 9. The van der Waals surface area contributed by atoms with Crippen molar-refractivity contribution in [3.8, 4) is 0 Å². The van der Waals surface area contributed by atoms with Gasteiger partial charge in [-0.1, -0.05) is 0 Å². The maximum Gasteiger partial charge on any atom is 0.243 e. The van der Waals surface area contributed by atoms with E-state index < -0.39 is 10.0 Å². The number of halogens is 1. The number of aromatic nitrogens is 2. The van der Waals surface area contributed by atoms with Gasteiger partial charge in [-0.15, -0.1) is 0 Å². The second-order valence-electron chi connectivity index (χ2n) is 9.66. The Morgan fingerprint density at radius 1 is 1.00 bits per heavy atom. The molecule has 0 aliphatic carbocycles. The minimum atomic E-state index is -3.64. The summed E-state index contributed by atoms with van der Waals surface area (Å²) in [4.78, 5) is 11.4. The van der Waals surface area contributed by atoms with Crippen LogP contribution in [0.2, 0.25) is 0 Å². The summed E-state index contributed by atoms with van der Waals surface area (Å²) in [5.74, 6) is 0.591. The number of likely N-dealkylation sites (tertiary alicyclic amines) is 1. The van der Waals surface area contributed by atoms with Gasteiger partial charge in [-0.3, -0.25) is 4.90 Å². The van der Waals surface area contributed by atoms with Crippen LogP contribution in [0.5, 0.6) is 0 Å². The summed E-state index contributed by atoms with van der Waals surface area (Å²) in [6.45, 7) is 4.30. The molecule has 2 N–H and O–H groups in total. The predicted octanol–water partition coefficient (Wildman–Crippen LogP) is 5.29. The zero-order chi connectivity index (χ0) is 27.4. The van der Waals surface area contributed by atoms with Gasteiger partial charge in [0.2, 0.25) is 16.0 Å². The molecule has 0 atom stereocenters. The molecule has 5 rings (SSSR count). The molecular weight excluding hydrogens is 519 g/mol. The van der Waals surface area contributed by atoms with Gasteiger partial charge < -0.3 is 15.1 Å². The van der Waals surface area contributed by atoms with Crippen LogP contribution in [0, 0.1) is 12.7 Å². The van der Waals surface area contributed by atoms with Crippen molar-refractivity contribution in [2.24, 2.45) is 0 Å². The van der Waals surface area contributed by atoms with E-state index in [-0.39, 0.29) is 16.8 Å². The fraction of sp³-hybridized carbons (Fsp3) is 0.286. The van der Waals surface area contributed by atoms with Crippen molar-refractivity contribution < 1.29 is 17.2 Å². The van der Waals surface area contributed by atoms with E-state index in [4.69, 9.17) is 4.42 Å². The Kier molecular flexibility index (Phi) is 7.92. The van der Waals surface area contributed by atoms with E-state index in [0.717, 1.165) is 43.7 Å². The highest BCUT2D eigenvalue weighted by Gasteiger charge is 2.31. The van der Waals surface area contributed by atoms with E-state index in [1.165, 1.54) is 16.4 Å². The molecule has 11 heteroatoms. The quantitative estimate of drug-likeness (QED) is 0.290. The largest absolute Gasteiger partial charge is 0.472 e. The molecule has 1 fully saturated rings. The third-order valence-electron chi connectivity index (χ3n) is 6.82. The zero-order valence-corrected chi connectivity index (χ0v) is 22.7. The van der Waals surface area contributed by atoms with Crippen LogP contribution in [0.25, 0.3) is 0 Å². The number of sulfonamides is 1. The van der Waals surface area contributed by atoms with Crippen LogP contribution in [0.4, 0.5) is 27.5 Å². The number of anilines is 4. The molecule has 3 heterocycles. The zero-order valence-electron chi connectivity index (χ0n) is 21.8. The summed E-state index contributed by atoms with van der Waals surface area (Å²) in [6, 6.07) is 16.3. The molecule has 1 aliphatic rings. The van der Waals surface area contributed by atoms with Gasteiger partial charge in [0.15, 0.2) is 0 Å². The summed E-state index contributed by atoms with van der Waals surface area (Å²) >= 11 is 0. The molecule has 0 amide bonds. The lowest BCUT2D eigenvalue weighted by Gasteiger charge is -2.36. The molecule has 4 aromatic rings. The number of nitrogens with one attached hydrogen (secondary N) is 2. The van der Waals surface area contributed by atoms with Gasteiger partial charge in [-0.2, -0.15) is 9.29 Å². The Hall–Kier alpha value is -3.80. The lowest BCUT2D eigenvalue weighted by Crippen LogP contribution is -2.45. The van der Waals surface area contributed by atoms with Gasteiger partial charge in [0, 0.05) is 61.4 Å². The summed E-state index contributed by atoms with van der Waals surface area (Å²) in [5.41, 5.74) is 3.21. The minimum absolute atomic E-state index is 0.0545. The number of hydrogen-bond donors (Lipinski definition) is 2. The molecule has 0 bridgehead atoms. The molecule has 9 nitrogen and oxygen atoms in total. The molecule has 0 saturated carbocycles. The van der Waals surface area contributed by atoms with Crippen LogP contribution < -0.4 is 10.6 Å². The SMILES string of the molecule is Cc1cc(Nc2ccc(F)cc2)nc(Nc2ccc(S(=O)(=O)N(C)C3CCN(Cc4ccoc4)CC3)cc2)n1. The Morgan fingerprint density at radius 2 is 1.67 bits per heavy atom. The first-order valence-electron chi connectivity index (χ1n) is 12.7. The van der Waals surface area contributed by atoms with Crippen molar-refractivity contribution in [1.82, 2.24) is 19.2 Å². The molecule has 2 aromatic heterocycles. The third-order valence-corrected chi connectivity index (χ3v) is 8.74. The number of piperidine rings is 1. The summed E-state index contributed by atoms with van der Waals surface area (Å²) in [6.07, 6.45) is 4.95. The van der Waals surface area contributed by atoms with Crippen molar-refractivity contribution in [1.29, 1.82) is 0 Å². The molecule has 0 spiro atoms. The maximum absolute atomic E-state index is 13.3. The topological polar surface area (TPSA) is 104 Å². The highest BCUT2D eigenvalue weighted by molar-refractivity contribution is 7.89. The second-order valence-corrected chi connectivity index (χ2v) is 11.7. The van der Waals surface area contributed by atoms with Gasteiger partial charge in [-0.25, -0.2) is 17.8 Å². The first-order chi connectivity index (χ1) is 18.8. The molecule has 1 saturated heterocycles. The standard InChI is InChI=1S/C28H31FN6O3S/c1-20-17-27(31-23-5-3-22(29)4-6-23)33-28(30-20)32-24-7-9-26(10-8-24)39(36,37)34(2)25-11-14-35(15-12-25)18-21-13-16-38-19-21/h3-10,13,16-17,19,25H,11-12,14-15,18H2,1-2H3,(H2,30,31,32,33). The molecule has 1 aliphatic heterocycles. The highest BCUT2D eigenvalue weighted by Crippen LogP contribution is 2.26. The summed E-state index contributed by atoms with van der Waals surface area (Å²) in [5, 5.41) is 6.27. The lowest BCUT2D eigenvalue weighted by atomic mass is 10.1. The minimum Gasteiger partial charge on any atom is -0.472 e. The highest BCUT2D eigenvalue weighted by atomic mass is 32.2. The lowest BCUT2D eigenvalue weighted by molar-refractivity contribution is 0.163.